The number of hydrogen-bond acceptors (Lipinski definition) is 4. The third kappa shape index (κ3) is 5.01. The summed E-state index contributed by atoms with van der Waals surface area (Å²) < 4.78 is 10.5. The Kier molecular flexibility index (Phi) is 6.84. The van der Waals surface area contributed by atoms with Crippen LogP contribution >= 0.6 is 11.6 Å². The van der Waals surface area contributed by atoms with Crippen LogP contribution in [0.1, 0.15) is 37.4 Å². The van der Waals surface area contributed by atoms with Crippen LogP contribution in [-0.4, -0.2) is 26.0 Å². The first kappa shape index (κ1) is 24.4. The van der Waals surface area contributed by atoms with Crippen LogP contribution in [0, 0.1) is 0 Å². The van der Waals surface area contributed by atoms with Crippen molar-refractivity contribution >= 4 is 34.8 Å². The van der Waals surface area contributed by atoms with Crippen molar-refractivity contribution in [3.05, 3.63) is 118 Å². The summed E-state index contributed by atoms with van der Waals surface area (Å²) in [5, 5.41) is 3.50. The van der Waals surface area contributed by atoms with Gasteiger partial charge < -0.3 is 19.7 Å². The zero-order valence-electron chi connectivity index (χ0n) is 20.5. The summed E-state index contributed by atoms with van der Waals surface area (Å²) in [4.78, 5) is 28.3. The normalized spacial score (nSPS) is 12.1. The van der Waals surface area contributed by atoms with Crippen LogP contribution in [-0.2, 0) is 13.0 Å². The predicted octanol–water partition coefficient (Wildman–Crippen LogP) is 6.36. The van der Waals surface area contributed by atoms with E-state index in [0.717, 1.165) is 16.8 Å². The number of carbonyl (C=O) groups is 2. The van der Waals surface area contributed by atoms with Crippen LogP contribution in [0.4, 0.5) is 11.4 Å². The molecule has 1 N–H and O–H groups in total. The number of amides is 2. The molecule has 0 radical (unpaired) electrons. The highest BCUT2D eigenvalue weighted by atomic mass is 35.5. The Bertz CT molecular complexity index is 1480. The number of rotatable bonds is 5. The lowest BCUT2D eigenvalue weighted by Gasteiger charge is -2.24. The number of hydrogen-bond donors (Lipinski definition) is 1. The Morgan fingerprint density at radius 3 is 2.32 bits per heavy atom. The van der Waals surface area contributed by atoms with Crippen molar-refractivity contribution in [3.8, 4) is 11.5 Å². The Labute approximate surface area is 220 Å². The van der Waals surface area contributed by atoms with Gasteiger partial charge in [0.1, 0.15) is 11.5 Å². The van der Waals surface area contributed by atoms with Gasteiger partial charge in [-0.2, -0.15) is 0 Å². The summed E-state index contributed by atoms with van der Waals surface area (Å²) in [5.74, 6) is 0.545. The number of fused-ring (bicyclic) bond motifs is 2. The summed E-state index contributed by atoms with van der Waals surface area (Å²) in [6.07, 6.45) is 0.704. The van der Waals surface area contributed by atoms with Crippen molar-refractivity contribution in [1.29, 1.82) is 0 Å². The summed E-state index contributed by atoms with van der Waals surface area (Å²) >= 11 is 6.29. The van der Waals surface area contributed by atoms with Crippen molar-refractivity contribution < 1.29 is 19.1 Å². The molecule has 6 nitrogen and oxygen atoms in total. The van der Waals surface area contributed by atoms with Gasteiger partial charge in [-0.15, -0.1) is 0 Å². The highest BCUT2D eigenvalue weighted by Crippen LogP contribution is 2.34. The third-order valence-electron chi connectivity index (χ3n) is 6.45. The molecule has 0 aliphatic carbocycles. The molecule has 2 amide bonds. The SMILES string of the molecule is COc1ccc(C(=O)Nc2ccc(C(=O)N3Cc4ccccc4Cc4cc(Cl)ccc43)cc2)c(OC)c1. The van der Waals surface area contributed by atoms with E-state index >= 15 is 0 Å². The molecule has 0 unspecified atom stereocenters. The van der Waals surface area contributed by atoms with Crippen LogP contribution in [0.15, 0.2) is 84.9 Å². The molecule has 0 fully saturated rings. The van der Waals surface area contributed by atoms with Gasteiger partial charge in [0.25, 0.3) is 11.8 Å². The molecule has 0 saturated carbocycles. The molecule has 186 valence electrons. The topological polar surface area (TPSA) is 67.9 Å². The number of benzene rings is 4. The van der Waals surface area contributed by atoms with Gasteiger partial charge in [-0.05, 0) is 77.7 Å². The second kappa shape index (κ2) is 10.4. The Morgan fingerprint density at radius 1 is 0.838 bits per heavy atom. The standard InChI is InChI=1S/C30H25ClN2O4/c1-36-25-12-13-26(28(17-25)37-2)29(34)32-24-10-7-19(8-11-24)30(35)33-18-21-6-4-3-5-20(21)15-22-16-23(31)9-14-27(22)33/h3-14,16-17H,15,18H2,1-2H3,(H,32,34). The number of anilines is 2. The van der Waals surface area contributed by atoms with Crippen molar-refractivity contribution in [2.75, 3.05) is 24.4 Å². The molecule has 0 bridgehead atoms. The number of carbonyl (C=O) groups excluding carboxylic acids is 2. The Balaban J connectivity index is 1.39. The maximum Gasteiger partial charge on any atom is 0.259 e. The average Bonchev–Trinajstić information content (AvgIpc) is 3.08. The monoisotopic (exact) mass is 512 g/mol. The average molecular weight is 513 g/mol. The van der Waals surface area contributed by atoms with E-state index in [0.29, 0.717) is 46.3 Å². The van der Waals surface area contributed by atoms with E-state index in [9.17, 15) is 9.59 Å². The van der Waals surface area contributed by atoms with Gasteiger partial charge in [0.2, 0.25) is 0 Å². The summed E-state index contributed by atoms with van der Waals surface area (Å²) in [6, 6.07) is 25.6. The lowest BCUT2D eigenvalue weighted by molar-refractivity contribution is 0.0984. The minimum atomic E-state index is -0.325. The van der Waals surface area contributed by atoms with E-state index in [1.165, 1.54) is 12.7 Å². The summed E-state index contributed by atoms with van der Waals surface area (Å²) in [7, 11) is 3.05. The molecule has 7 heteroatoms. The molecule has 0 aromatic heterocycles. The molecule has 37 heavy (non-hydrogen) atoms. The highest BCUT2D eigenvalue weighted by molar-refractivity contribution is 6.30. The fraction of sp³-hybridized carbons (Fsp3) is 0.133. The molecule has 1 aliphatic rings. The van der Waals surface area contributed by atoms with E-state index in [2.05, 4.69) is 17.4 Å². The van der Waals surface area contributed by atoms with Crippen LogP contribution in [0.2, 0.25) is 5.02 Å². The zero-order chi connectivity index (χ0) is 25.9. The lowest BCUT2D eigenvalue weighted by atomic mass is 10.0. The molecule has 0 atom stereocenters. The molecule has 5 rings (SSSR count). The number of methoxy groups -OCH3 is 2. The molecular weight excluding hydrogens is 488 g/mol. The van der Waals surface area contributed by atoms with Crippen LogP contribution in [0.3, 0.4) is 0 Å². The van der Waals surface area contributed by atoms with E-state index in [1.54, 1.807) is 54.5 Å². The highest BCUT2D eigenvalue weighted by Gasteiger charge is 2.25. The molecule has 0 saturated heterocycles. The van der Waals surface area contributed by atoms with E-state index in [-0.39, 0.29) is 11.8 Å². The van der Waals surface area contributed by atoms with Gasteiger partial charge in [0, 0.05) is 28.0 Å². The Hall–Kier alpha value is -4.29. The largest absolute Gasteiger partial charge is 0.497 e. The van der Waals surface area contributed by atoms with Crippen molar-refractivity contribution in [1.82, 2.24) is 0 Å². The fourth-order valence-electron chi connectivity index (χ4n) is 4.52. The fourth-order valence-corrected chi connectivity index (χ4v) is 4.72. The van der Waals surface area contributed by atoms with Gasteiger partial charge in [0.15, 0.2) is 0 Å². The molecule has 4 aromatic rings. The molecule has 1 aliphatic heterocycles. The summed E-state index contributed by atoms with van der Waals surface area (Å²) in [6.45, 7) is 0.458. The molecule has 1 heterocycles. The van der Waals surface area contributed by atoms with Gasteiger partial charge in [0.05, 0.1) is 26.3 Å². The van der Waals surface area contributed by atoms with Crippen molar-refractivity contribution in [2.24, 2.45) is 0 Å². The first-order chi connectivity index (χ1) is 18.0. The third-order valence-corrected chi connectivity index (χ3v) is 6.68. The smallest absolute Gasteiger partial charge is 0.259 e. The van der Waals surface area contributed by atoms with Gasteiger partial charge in [-0.1, -0.05) is 35.9 Å². The Morgan fingerprint density at radius 2 is 1.59 bits per heavy atom. The molecule has 0 spiro atoms. The first-order valence-corrected chi connectivity index (χ1v) is 12.1. The van der Waals surface area contributed by atoms with Crippen molar-refractivity contribution in [3.63, 3.8) is 0 Å². The maximum absolute atomic E-state index is 13.7. The zero-order valence-corrected chi connectivity index (χ0v) is 21.2. The minimum Gasteiger partial charge on any atom is -0.497 e. The number of halogens is 1. The second-order valence-electron chi connectivity index (χ2n) is 8.71. The van der Waals surface area contributed by atoms with E-state index < -0.39 is 0 Å². The van der Waals surface area contributed by atoms with Crippen molar-refractivity contribution in [2.45, 2.75) is 13.0 Å². The second-order valence-corrected chi connectivity index (χ2v) is 9.14. The van der Waals surface area contributed by atoms with E-state index in [4.69, 9.17) is 21.1 Å². The molecular formula is C30H25ClN2O4. The predicted molar refractivity (Wildman–Crippen MR) is 145 cm³/mol. The maximum atomic E-state index is 13.7. The van der Waals surface area contributed by atoms with Gasteiger partial charge in [-0.25, -0.2) is 0 Å². The minimum absolute atomic E-state index is 0.130. The van der Waals surface area contributed by atoms with Crippen LogP contribution < -0.4 is 19.7 Å². The van der Waals surface area contributed by atoms with Gasteiger partial charge >= 0.3 is 0 Å². The number of ether oxygens (including phenoxy) is 2. The van der Waals surface area contributed by atoms with E-state index in [1.807, 2.05) is 30.3 Å². The van der Waals surface area contributed by atoms with Crippen LogP contribution in [0.25, 0.3) is 0 Å². The van der Waals surface area contributed by atoms with Crippen LogP contribution in [0.5, 0.6) is 11.5 Å². The lowest BCUT2D eigenvalue weighted by Crippen LogP contribution is -2.30. The summed E-state index contributed by atoms with van der Waals surface area (Å²) in [5.41, 5.74) is 5.57. The van der Waals surface area contributed by atoms with Gasteiger partial charge in [-0.3, -0.25) is 9.59 Å². The number of nitrogens with one attached hydrogen (secondary N) is 1. The first-order valence-electron chi connectivity index (χ1n) is 11.8. The molecule has 4 aromatic carbocycles. The quantitative estimate of drug-likeness (QED) is 0.338. The number of nitrogens with zero attached hydrogens (tertiary/aromatic N) is 1.